The summed E-state index contributed by atoms with van der Waals surface area (Å²) in [4.78, 5) is 28.0. The largest absolute Gasteiger partial charge is 0.610 e. The van der Waals surface area contributed by atoms with E-state index in [4.69, 9.17) is 0 Å². The molecule has 0 aliphatic carbocycles. The van der Waals surface area contributed by atoms with Crippen molar-refractivity contribution >= 4 is 39.5 Å². The number of nitrogens with one attached hydrogen (secondary N) is 2. The van der Waals surface area contributed by atoms with Gasteiger partial charge >= 0.3 is 0 Å². The summed E-state index contributed by atoms with van der Waals surface area (Å²) in [7, 11) is 0. The SMILES string of the molecule is CCn1c(=O)c(-c2cc([S+](C)[O-])ncc2F)cc2cnc(Nc3ccc(N4CCNCC4)c(F)c3)nc21. The quantitative estimate of drug-likeness (QED) is 0.370. The minimum atomic E-state index is -1.44. The number of benzene rings is 1. The van der Waals surface area contributed by atoms with Gasteiger partial charge in [0, 0.05) is 72.8 Å². The molecule has 1 aliphatic heterocycles. The smallest absolute Gasteiger partial charge is 0.260 e. The summed E-state index contributed by atoms with van der Waals surface area (Å²) in [5.74, 6) is -0.858. The van der Waals surface area contributed by atoms with Gasteiger partial charge in [0.2, 0.25) is 11.0 Å². The fourth-order valence-corrected chi connectivity index (χ4v) is 4.85. The van der Waals surface area contributed by atoms with E-state index in [2.05, 4.69) is 25.6 Å². The van der Waals surface area contributed by atoms with E-state index in [1.807, 2.05) is 4.90 Å². The van der Waals surface area contributed by atoms with Crippen LogP contribution in [0.25, 0.3) is 22.2 Å². The van der Waals surface area contributed by atoms with Crippen LogP contribution in [0.3, 0.4) is 0 Å². The second kappa shape index (κ2) is 10.4. The van der Waals surface area contributed by atoms with Gasteiger partial charge in [-0.1, -0.05) is 0 Å². The average Bonchev–Trinajstić information content (AvgIpc) is 2.89. The predicted octanol–water partition coefficient (Wildman–Crippen LogP) is 3.04. The highest BCUT2D eigenvalue weighted by Crippen LogP contribution is 2.27. The lowest BCUT2D eigenvalue weighted by Crippen LogP contribution is -2.43. The van der Waals surface area contributed by atoms with Crippen LogP contribution in [-0.2, 0) is 17.7 Å². The lowest BCUT2D eigenvalue weighted by Gasteiger charge is -2.29. The molecule has 0 spiro atoms. The molecular formula is C25H25F2N7O2S. The highest BCUT2D eigenvalue weighted by Gasteiger charge is 2.19. The van der Waals surface area contributed by atoms with Crippen LogP contribution in [0, 0.1) is 11.6 Å². The van der Waals surface area contributed by atoms with Gasteiger partial charge in [-0.05, 0) is 31.2 Å². The maximum absolute atomic E-state index is 14.8. The summed E-state index contributed by atoms with van der Waals surface area (Å²) < 4.78 is 42.7. The predicted molar refractivity (Wildman–Crippen MR) is 140 cm³/mol. The molecular weight excluding hydrogens is 500 g/mol. The molecule has 0 amide bonds. The van der Waals surface area contributed by atoms with Crippen molar-refractivity contribution in [2.75, 3.05) is 42.7 Å². The molecule has 1 atom stereocenters. The third-order valence-electron chi connectivity index (χ3n) is 6.22. The summed E-state index contributed by atoms with van der Waals surface area (Å²) >= 11 is -1.44. The number of pyridine rings is 2. The molecule has 4 aromatic rings. The molecule has 0 radical (unpaired) electrons. The molecule has 37 heavy (non-hydrogen) atoms. The van der Waals surface area contributed by atoms with Crippen molar-refractivity contribution in [3.05, 3.63) is 64.7 Å². The highest BCUT2D eigenvalue weighted by atomic mass is 32.2. The van der Waals surface area contributed by atoms with Crippen LogP contribution in [0.5, 0.6) is 0 Å². The van der Waals surface area contributed by atoms with Crippen LogP contribution in [0.2, 0.25) is 0 Å². The first kappa shape index (κ1) is 25.1. The fourth-order valence-electron chi connectivity index (χ4n) is 4.36. The van der Waals surface area contributed by atoms with Gasteiger partial charge < -0.3 is 20.1 Å². The van der Waals surface area contributed by atoms with Gasteiger partial charge in [0.1, 0.15) is 23.5 Å². The Kier molecular flexibility index (Phi) is 7.04. The summed E-state index contributed by atoms with van der Waals surface area (Å²) in [5.41, 5.74) is 1.01. The van der Waals surface area contributed by atoms with Crippen molar-refractivity contribution in [1.82, 2.24) is 24.8 Å². The number of fused-ring (bicyclic) bond motifs is 1. The van der Waals surface area contributed by atoms with Gasteiger partial charge in [-0.15, -0.1) is 0 Å². The minimum absolute atomic E-state index is 0.0107. The molecule has 4 heterocycles. The van der Waals surface area contributed by atoms with Crippen molar-refractivity contribution in [1.29, 1.82) is 0 Å². The fraction of sp³-hybridized carbons (Fsp3) is 0.280. The molecule has 0 bridgehead atoms. The van der Waals surface area contributed by atoms with E-state index in [1.165, 1.54) is 35.2 Å². The van der Waals surface area contributed by atoms with Crippen LogP contribution in [0.1, 0.15) is 6.92 Å². The lowest BCUT2D eigenvalue weighted by molar-refractivity contribution is 0.566. The topological polar surface area (TPSA) is 111 Å². The summed E-state index contributed by atoms with van der Waals surface area (Å²) in [5, 5.41) is 6.93. The number of hydrogen-bond donors (Lipinski definition) is 2. The molecule has 0 saturated carbocycles. The minimum Gasteiger partial charge on any atom is -0.610 e. The summed E-state index contributed by atoms with van der Waals surface area (Å²) in [6.45, 7) is 5.12. The summed E-state index contributed by atoms with van der Waals surface area (Å²) in [6, 6.07) is 7.70. The molecule has 9 nitrogen and oxygen atoms in total. The van der Waals surface area contributed by atoms with E-state index < -0.39 is 22.6 Å². The molecule has 3 aromatic heterocycles. The normalized spacial score (nSPS) is 14.7. The van der Waals surface area contributed by atoms with Gasteiger partial charge in [0.05, 0.1) is 17.4 Å². The van der Waals surface area contributed by atoms with Gasteiger partial charge in [0.15, 0.2) is 0 Å². The zero-order valence-corrected chi connectivity index (χ0v) is 21.1. The lowest BCUT2D eigenvalue weighted by atomic mass is 10.1. The Labute approximate surface area is 214 Å². The highest BCUT2D eigenvalue weighted by molar-refractivity contribution is 7.90. The Morgan fingerprint density at radius 1 is 1.08 bits per heavy atom. The molecule has 12 heteroatoms. The van der Waals surface area contributed by atoms with E-state index in [-0.39, 0.29) is 34.5 Å². The van der Waals surface area contributed by atoms with E-state index >= 15 is 0 Å². The second-order valence-corrected chi connectivity index (χ2v) is 9.89. The third kappa shape index (κ3) is 4.99. The van der Waals surface area contributed by atoms with Crippen molar-refractivity contribution in [3.8, 4) is 11.1 Å². The molecule has 1 unspecified atom stereocenters. The number of aromatic nitrogens is 4. The van der Waals surface area contributed by atoms with Crippen molar-refractivity contribution < 1.29 is 13.3 Å². The van der Waals surface area contributed by atoms with Gasteiger partial charge in [0.25, 0.3) is 5.56 Å². The van der Waals surface area contributed by atoms with E-state index in [0.717, 1.165) is 32.4 Å². The zero-order chi connectivity index (χ0) is 26.1. The molecule has 2 N–H and O–H groups in total. The first-order chi connectivity index (χ1) is 17.9. The molecule has 1 aliphatic rings. The van der Waals surface area contributed by atoms with Crippen molar-refractivity contribution in [2.45, 2.75) is 18.5 Å². The van der Waals surface area contributed by atoms with Crippen LogP contribution in [0.4, 0.5) is 26.1 Å². The van der Waals surface area contributed by atoms with E-state index in [9.17, 15) is 18.1 Å². The van der Waals surface area contributed by atoms with Crippen LogP contribution in [0.15, 0.2) is 52.5 Å². The number of nitrogens with zero attached hydrogens (tertiary/aromatic N) is 5. The third-order valence-corrected chi connectivity index (χ3v) is 7.03. The second-order valence-electron chi connectivity index (χ2n) is 8.56. The van der Waals surface area contributed by atoms with E-state index in [1.54, 1.807) is 19.1 Å². The van der Waals surface area contributed by atoms with Crippen molar-refractivity contribution in [2.24, 2.45) is 0 Å². The average molecular weight is 526 g/mol. The number of halogens is 2. The number of hydrogen-bond acceptors (Lipinski definition) is 8. The first-order valence-corrected chi connectivity index (χ1v) is 13.3. The number of aryl methyl sites for hydroxylation is 1. The first-order valence-electron chi connectivity index (χ1n) is 11.8. The van der Waals surface area contributed by atoms with Gasteiger partial charge in [-0.2, -0.15) is 4.98 Å². The monoisotopic (exact) mass is 525 g/mol. The van der Waals surface area contributed by atoms with Crippen LogP contribution in [-0.4, -0.2) is 56.5 Å². The molecule has 192 valence electrons. The number of anilines is 3. The maximum Gasteiger partial charge on any atom is 0.260 e. The Morgan fingerprint density at radius 3 is 2.57 bits per heavy atom. The molecule has 1 fully saturated rings. The number of piperazine rings is 1. The zero-order valence-electron chi connectivity index (χ0n) is 20.3. The van der Waals surface area contributed by atoms with Crippen LogP contribution < -0.4 is 21.1 Å². The Hall–Kier alpha value is -3.61. The molecule has 1 aromatic carbocycles. The maximum atomic E-state index is 14.8. The standard InChI is InChI=1S/C25H25F2N7O2S/c1-3-34-23-15(10-18(24(34)35)17-12-22(37(2)36)29-14-20(17)27)13-30-25(32-23)31-16-4-5-21(19(26)11-16)33-8-6-28-7-9-33/h4-5,10-14,28H,3,6-9H2,1-2H3,(H,30,31,32). The van der Waals surface area contributed by atoms with Crippen molar-refractivity contribution in [3.63, 3.8) is 0 Å². The van der Waals surface area contributed by atoms with Crippen LogP contribution >= 0.6 is 0 Å². The Morgan fingerprint density at radius 2 is 1.86 bits per heavy atom. The van der Waals surface area contributed by atoms with Gasteiger partial charge in [-0.3, -0.25) is 9.36 Å². The van der Waals surface area contributed by atoms with Gasteiger partial charge in [-0.25, -0.2) is 18.7 Å². The Balaban J connectivity index is 1.50. The van der Waals surface area contributed by atoms with E-state index in [0.29, 0.717) is 22.4 Å². The molecule has 1 saturated heterocycles. The Bertz CT molecular complexity index is 1520. The molecule has 5 rings (SSSR count). The number of rotatable bonds is 6. The summed E-state index contributed by atoms with van der Waals surface area (Å²) in [6.07, 6.45) is 3.91.